The molecule has 22 heavy (non-hydrogen) atoms. The minimum atomic E-state index is 0.115. The number of hydrogen-bond acceptors (Lipinski definition) is 4. The van der Waals surface area contributed by atoms with E-state index in [2.05, 4.69) is 17.1 Å². The lowest BCUT2D eigenvalue weighted by atomic mass is 10.1. The number of nitrogens with zero attached hydrogens (tertiary/aromatic N) is 3. The summed E-state index contributed by atoms with van der Waals surface area (Å²) < 4.78 is 5.24. The van der Waals surface area contributed by atoms with E-state index in [1.165, 1.54) is 0 Å². The average molecular weight is 301 g/mol. The molecule has 118 valence electrons. The van der Waals surface area contributed by atoms with Crippen LogP contribution in [0.4, 0.5) is 0 Å². The minimum Gasteiger partial charge on any atom is -0.346 e. The molecule has 0 aliphatic heterocycles. The van der Waals surface area contributed by atoms with E-state index < -0.39 is 0 Å². The quantitative estimate of drug-likeness (QED) is 0.787. The highest BCUT2D eigenvalue weighted by molar-refractivity contribution is 5.76. The Kier molecular flexibility index (Phi) is 5.69. The van der Waals surface area contributed by atoms with Crippen LogP contribution in [-0.4, -0.2) is 34.5 Å². The molecule has 2 rings (SSSR count). The van der Waals surface area contributed by atoms with E-state index in [1.807, 2.05) is 38.2 Å². The van der Waals surface area contributed by atoms with Crippen molar-refractivity contribution in [3.8, 4) is 11.4 Å². The maximum atomic E-state index is 12.0. The third kappa shape index (κ3) is 4.41. The second-order valence-corrected chi connectivity index (χ2v) is 5.55. The van der Waals surface area contributed by atoms with Gasteiger partial charge in [0.25, 0.3) is 0 Å². The molecule has 1 amide bonds. The molecule has 2 aromatic rings. The van der Waals surface area contributed by atoms with Gasteiger partial charge in [0, 0.05) is 32.0 Å². The van der Waals surface area contributed by atoms with E-state index in [9.17, 15) is 4.79 Å². The molecular weight excluding hydrogens is 278 g/mol. The fourth-order valence-corrected chi connectivity index (χ4v) is 2.18. The van der Waals surface area contributed by atoms with Crippen LogP contribution < -0.4 is 0 Å². The highest BCUT2D eigenvalue weighted by atomic mass is 16.5. The lowest BCUT2D eigenvalue weighted by Gasteiger charge is -2.15. The maximum Gasteiger partial charge on any atom is 0.227 e. The third-order valence-corrected chi connectivity index (χ3v) is 3.57. The van der Waals surface area contributed by atoms with Gasteiger partial charge in [0.05, 0.1) is 0 Å². The molecule has 0 saturated carbocycles. The molecule has 0 spiro atoms. The second kappa shape index (κ2) is 7.73. The zero-order valence-corrected chi connectivity index (χ0v) is 13.5. The first kappa shape index (κ1) is 16.2. The summed E-state index contributed by atoms with van der Waals surface area (Å²) in [4.78, 5) is 18.1. The molecule has 1 aromatic carbocycles. The number of aryl methyl sites for hydroxylation is 2. The Labute approximate surface area is 131 Å². The molecule has 0 fully saturated rings. The van der Waals surface area contributed by atoms with Gasteiger partial charge in [0.15, 0.2) is 0 Å². The molecule has 0 unspecified atom stereocenters. The number of hydrogen-bond donors (Lipinski definition) is 0. The summed E-state index contributed by atoms with van der Waals surface area (Å²) in [6.45, 7) is 4.94. The Hall–Kier alpha value is -2.17. The van der Waals surface area contributed by atoms with Crippen LogP contribution in [0.1, 0.15) is 37.6 Å². The van der Waals surface area contributed by atoms with Gasteiger partial charge >= 0.3 is 0 Å². The highest BCUT2D eigenvalue weighted by Crippen LogP contribution is 2.17. The molecule has 5 nitrogen and oxygen atoms in total. The molecule has 0 bridgehead atoms. The smallest absolute Gasteiger partial charge is 0.227 e. The largest absolute Gasteiger partial charge is 0.346 e. The van der Waals surface area contributed by atoms with Crippen LogP contribution in [0.25, 0.3) is 11.4 Å². The summed E-state index contributed by atoms with van der Waals surface area (Å²) in [6, 6.07) is 7.95. The molecule has 1 heterocycles. The van der Waals surface area contributed by atoms with E-state index in [0.29, 0.717) is 24.6 Å². The summed E-state index contributed by atoms with van der Waals surface area (Å²) in [5.74, 6) is 1.20. The van der Waals surface area contributed by atoms with E-state index >= 15 is 0 Å². The van der Waals surface area contributed by atoms with E-state index in [0.717, 1.165) is 30.5 Å². The zero-order chi connectivity index (χ0) is 15.9. The molecule has 5 heteroatoms. The maximum absolute atomic E-state index is 12.0. The van der Waals surface area contributed by atoms with Crippen molar-refractivity contribution >= 4 is 5.91 Å². The third-order valence-electron chi connectivity index (χ3n) is 3.57. The Morgan fingerprint density at radius 2 is 2.18 bits per heavy atom. The average Bonchev–Trinajstić information content (AvgIpc) is 2.99. The van der Waals surface area contributed by atoms with Crippen LogP contribution in [-0.2, 0) is 11.2 Å². The predicted molar refractivity (Wildman–Crippen MR) is 85.3 cm³/mol. The minimum absolute atomic E-state index is 0.115. The Balaban J connectivity index is 1.91. The number of rotatable bonds is 7. The summed E-state index contributed by atoms with van der Waals surface area (Å²) in [5.41, 5.74) is 2.08. The van der Waals surface area contributed by atoms with Gasteiger partial charge in [0.1, 0.15) is 0 Å². The molecular formula is C17H23N3O2. The van der Waals surface area contributed by atoms with Crippen LogP contribution >= 0.6 is 0 Å². The van der Waals surface area contributed by atoms with Gasteiger partial charge in [-0.25, -0.2) is 0 Å². The van der Waals surface area contributed by atoms with Crippen molar-refractivity contribution in [2.24, 2.45) is 0 Å². The van der Waals surface area contributed by atoms with Gasteiger partial charge in [-0.3, -0.25) is 4.79 Å². The number of carbonyl (C=O) groups excluding carboxylic acids is 1. The molecule has 1 aromatic heterocycles. The summed E-state index contributed by atoms with van der Waals surface area (Å²) >= 11 is 0. The summed E-state index contributed by atoms with van der Waals surface area (Å²) in [6.07, 6.45) is 2.99. The van der Waals surface area contributed by atoms with Gasteiger partial charge in [-0.15, -0.1) is 0 Å². The van der Waals surface area contributed by atoms with Gasteiger partial charge < -0.3 is 9.42 Å². The van der Waals surface area contributed by atoms with Crippen molar-refractivity contribution in [3.63, 3.8) is 0 Å². The van der Waals surface area contributed by atoms with E-state index in [4.69, 9.17) is 4.52 Å². The van der Waals surface area contributed by atoms with E-state index in [-0.39, 0.29) is 5.91 Å². The topological polar surface area (TPSA) is 59.2 Å². The number of carbonyl (C=O) groups is 1. The van der Waals surface area contributed by atoms with Gasteiger partial charge in [-0.2, -0.15) is 4.98 Å². The highest BCUT2D eigenvalue weighted by Gasteiger charge is 2.13. The van der Waals surface area contributed by atoms with Crippen LogP contribution in [0, 0.1) is 6.92 Å². The molecule has 0 N–H and O–H groups in total. The SMILES string of the molecule is CCCCN(C)C(=O)CCc1nc(-c2cccc(C)c2)no1. The Morgan fingerprint density at radius 1 is 1.36 bits per heavy atom. The van der Waals surface area contributed by atoms with Crippen molar-refractivity contribution in [2.45, 2.75) is 39.5 Å². The van der Waals surface area contributed by atoms with Crippen LogP contribution in [0.2, 0.25) is 0 Å². The van der Waals surface area contributed by atoms with Crippen LogP contribution in [0.15, 0.2) is 28.8 Å². The van der Waals surface area contributed by atoms with Gasteiger partial charge in [0.2, 0.25) is 17.6 Å². The molecule has 0 radical (unpaired) electrons. The number of aromatic nitrogens is 2. The normalized spacial score (nSPS) is 10.7. The lowest BCUT2D eigenvalue weighted by molar-refractivity contribution is -0.130. The standard InChI is InChI=1S/C17H23N3O2/c1-4-5-11-20(3)16(21)10-9-15-18-17(19-22-15)14-8-6-7-13(2)12-14/h6-8,12H,4-5,9-11H2,1-3H3. The van der Waals surface area contributed by atoms with Crippen molar-refractivity contribution in [3.05, 3.63) is 35.7 Å². The van der Waals surface area contributed by atoms with Crippen LogP contribution in [0.5, 0.6) is 0 Å². The lowest BCUT2D eigenvalue weighted by Crippen LogP contribution is -2.27. The Morgan fingerprint density at radius 3 is 2.91 bits per heavy atom. The molecule has 0 aliphatic rings. The fraction of sp³-hybridized carbons (Fsp3) is 0.471. The predicted octanol–water partition coefficient (Wildman–Crippen LogP) is 3.24. The number of unbranched alkanes of at least 4 members (excludes halogenated alkanes) is 1. The van der Waals surface area contributed by atoms with Crippen molar-refractivity contribution in [2.75, 3.05) is 13.6 Å². The summed E-state index contributed by atoms with van der Waals surface area (Å²) in [5, 5.41) is 3.99. The first-order chi connectivity index (χ1) is 10.6. The fourth-order valence-electron chi connectivity index (χ4n) is 2.18. The van der Waals surface area contributed by atoms with Gasteiger partial charge in [-0.05, 0) is 19.4 Å². The van der Waals surface area contributed by atoms with Crippen molar-refractivity contribution in [1.29, 1.82) is 0 Å². The van der Waals surface area contributed by atoms with Crippen molar-refractivity contribution < 1.29 is 9.32 Å². The monoisotopic (exact) mass is 301 g/mol. The summed E-state index contributed by atoms with van der Waals surface area (Å²) in [7, 11) is 1.84. The number of amides is 1. The Bertz CT molecular complexity index is 622. The number of benzene rings is 1. The van der Waals surface area contributed by atoms with E-state index in [1.54, 1.807) is 4.90 Å². The first-order valence-electron chi connectivity index (χ1n) is 7.73. The second-order valence-electron chi connectivity index (χ2n) is 5.55. The van der Waals surface area contributed by atoms with Crippen LogP contribution in [0.3, 0.4) is 0 Å². The molecule has 0 aliphatic carbocycles. The zero-order valence-electron chi connectivity index (χ0n) is 13.5. The first-order valence-corrected chi connectivity index (χ1v) is 7.73. The van der Waals surface area contributed by atoms with Gasteiger partial charge in [-0.1, -0.05) is 42.3 Å². The van der Waals surface area contributed by atoms with Crippen molar-refractivity contribution in [1.82, 2.24) is 15.0 Å². The molecule has 0 saturated heterocycles. The molecule has 0 atom stereocenters.